The molecule has 1 aliphatic rings. The second-order valence-corrected chi connectivity index (χ2v) is 8.51. The van der Waals surface area contributed by atoms with E-state index in [1.54, 1.807) is 6.20 Å². The molecule has 0 unspecified atom stereocenters. The van der Waals surface area contributed by atoms with Gasteiger partial charge >= 0.3 is 0 Å². The zero-order valence-electron chi connectivity index (χ0n) is 18.2. The van der Waals surface area contributed by atoms with Crippen LogP contribution in [0.25, 0.3) is 16.7 Å². The summed E-state index contributed by atoms with van der Waals surface area (Å²) in [5.74, 6) is 2.70. The Kier molecular flexibility index (Phi) is 4.90. The third-order valence-corrected chi connectivity index (χ3v) is 6.24. The van der Waals surface area contributed by atoms with E-state index in [4.69, 9.17) is 4.98 Å². The Hall–Kier alpha value is -3.32. The number of nitrogens with zero attached hydrogens (tertiary/aromatic N) is 7. The molecule has 0 radical (unpaired) electrons. The van der Waals surface area contributed by atoms with Gasteiger partial charge in [-0.25, -0.2) is 19.6 Å². The number of rotatable bonds is 4. The predicted octanol–water partition coefficient (Wildman–Crippen LogP) is 3.58. The molecule has 5 rings (SSSR count). The maximum atomic E-state index is 4.78. The summed E-state index contributed by atoms with van der Waals surface area (Å²) in [5.41, 5.74) is 2.08. The van der Waals surface area contributed by atoms with Crippen molar-refractivity contribution in [2.75, 3.05) is 31.1 Å². The number of fused-ring (bicyclic) bond motifs is 1. The number of para-hydroxylation sites is 1. The van der Waals surface area contributed by atoms with Crippen molar-refractivity contribution in [1.82, 2.24) is 29.6 Å². The lowest BCUT2D eigenvalue weighted by Gasteiger charge is -2.44. The minimum Gasteiger partial charge on any atom is -0.353 e. The molecule has 0 N–H and O–H groups in total. The summed E-state index contributed by atoms with van der Waals surface area (Å²) >= 11 is 0. The molecule has 0 bridgehead atoms. The zero-order chi connectivity index (χ0) is 21.4. The topological polar surface area (TPSA) is 63.0 Å². The van der Waals surface area contributed by atoms with Gasteiger partial charge in [-0.15, -0.1) is 0 Å². The third kappa shape index (κ3) is 3.65. The van der Waals surface area contributed by atoms with Gasteiger partial charge in [-0.2, -0.15) is 5.10 Å². The second kappa shape index (κ2) is 7.74. The van der Waals surface area contributed by atoms with Crippen LogP contribution in [0.2, 0.25) is 0 Å². The van der Waals surface area contributed by atoms with Crippen LogP contribution in [0.5, 0.6) is 0 Å². The van der Waals surface area contributed by atoms with E-state index < -0.39 is 0 Å². The fourth-order valence-corrected chi connectivity index (χ4v) is 4.33. The van der Waals surface area contributed by atoms with Crippen molar-refractivity contribution in [3.63, 3.8) is 0 Å². The van der Waals surface area contributed by atoms with Crippen LogP contribution in [0.3, 0.4) is 0 Å². The Labute approximate surface area is 182 Å². The Morgan fingerprint density at radius 3 is 2.45 bits per heavy atom. The largest absolute Gasteiger partial charge is 0.353 e. The number of aromatic nitrogens is 5. The van der Waals surface area contributed by atoms with Crippen molar-refractivity contribution < 1.29 is 0 Å². The van der Waals surface area contributed by atoms with Gasteiger partial charge in [0.2, 0.25) is 0 Å². The van der Waals surface area contributed by atoms with Gasteiger partial charge in [0.15, 0.2) is 5.82 Å². The molecule has 0 spiro atoms. The highest BCUT2D eigenvalue weighted by Crippen LogP contribution is 2.31. The number of hydrogen-bond acceptors (Lipinski definition) is 6. The van der Waals surface area contributed by atoms with Crippen LogP contribution in [-0.2, 0) is 5.54 Å². The molecule has 0 aliphatic carbocycles. The quantitative estimate of drug-likeness (QED) is 0.510. The van der Waals surface area contributed by atoms with Crippen LogP contribution in [-0.4, -0.2) is 55.8 Å². The van der Waals surface area contributed by atoms with E-state index in [2.05, 4.69) is 63.1 Å². The summed E-state index contributed by atoms with van der Waals surface area (Å²) < 4.78 is 1.85. The van der Waals surface area contributed by atoms with Gasteiger partial charge in [0, 0.05) is 55.1 Å². The molecule has 0 atom stereocenters. The number of benzene rings is 1. The molecule has 7 nitrogen and oxygen atoms in total. The average molecular weight is 414 g/mol. The molecule has 7 heteroatoms. The molecule has 3 aromatic heterocycles. The van der Waals surface area contributed by atoms with Crippen LogP contribution < -0.4 is 4.90 Å². The summed E-state index contributed by atoms with van der Waals surface area (Å²) in [7, 11) is 0. The second-order valence-electron chi connectivity index (χ2n) is 8.51. The average Bonchev–Trinajstić information content (AvgIpc) is 3.30. The van der Waals surface area contributed by atoms with Gasteiger partial charge in [0.05, 0.1) is 11.7 Å². The monoisotopic (exact) mass is 413 g/mol. The SMILES string of the molecule is Cc1nc(N2CCN(C(C)(C)c3cnn(-c4ccccn4)c3)CC2)c2ccccc2n1. The van der Waals surface area contributed by atoms with Crippen LogP contribution in [0.15, 0.2) is 61.1 Å². The number of hydrogen-bond donors (Lipinski definition) is 0. The van der Waals surface area contributed by atoms with Crippen molar-refractivity contribution in [2.45, 2.75) is 26.3 Å². The van der Waals surface area contributed by atoms with E-state index in [-0.39, 0.29) is 5.54 Å². The zero-order valence-corrected chi connectivity index (χ0v) is 18.2. The number of piperazine rings is 1. The molecule has 4 aromatic rings. The fraction of sp³-hybridized carbons (Fsp3) is 0.333. The normalized spacial score (nSPS) is 15.5. The Morgan fingerprint density at radius 1 is 0.903 bits per heavy atom. The predicted molar refractivity (Wildman–Crippen MR) is 122 cm³/mol. The minimum absolute atomic E-state index is 0.122. The molecule has 1 fully saturated rings. The van der Waals surface area contributed by atoms with Gasteiger partial charge in [-0.3, -0.25) is 4.90 Å². The molecule has 1 saturated heterocycles. The van der Waals surface area contributed by atoms with Gasteiger partial charge in [0.1, 0.15) is 11.6 Å². The number of aryl methyl sites for hydroxylation is 1. The van der Waals surface area contributed by atoms with E-state index in [0.29, 0.717) is 0 Å². The highest BCUT2D eigenvalue weighted by Gasteiger charge is 2.33. The minimum atomic E-state index is -0.122. The standard InChI is InChI=1S/C24H27N7/c1-18-27-21-9-5-4-8-20(21)23(28-18)29-12-14-30(15-13-29)24(2,3)19-16-26-31(17-19)22-10-6-7-11-25-22/h4-11,16-17H,12-15H2,1-3H3. The van der Waals surface area contributed by atoms with Crippen LogP contribution in [0.4, 0.5) is 5.82 Å². The number of pyridine rings is 1. The molecular formula is C24H27N7. The molecule has 0 saturated carbocycles. The summed E-state index contributed by atoms with van der Waals surface area (Å²) in [6.45, 7) is 10.3. The third-order valence-electron chi connectivity index (χ3n) is 6.24. The molecule has 31 heavy (non-hydrogen) atoms. The first-order valence-corrected chi connectivity index (χ1v) is 10.7. The lowest BCUT2D eigenvalue weighted by molar-refractivity contribution is 0.111. The Balaban J connectivity index is 1.34. The van der Waals surface area contributed by atoms with Gasteiger partial charge in [-0.05, 0) is 45.0 Å². The van der Waals surface area contributed by atoms with Gasteiger partial charge in [-0.1, -0.05) is 18.2 Å². The lowest BCUT2D eigenvalue weighted by atomic mass is 9.94. The molecule has 0 amide bonds. The van der Waals surface area contributed by atoms with Gasteiger partial charge < -0.3 is 4.90 Å². The van der Waals surface area contributed by atoms with Gasteiger partial charge in [0.25, 0.3) is 0 Å². The highest BCUT2D eigenvalue weighted by molar-refractivity contribution is 5.89. The van der Waals surface area contributed by atoms with Crippen molar-refractivity contribution in [3.8, 4) is 5.82 Å². The summed E-state index contributed by atoms with van der Waals surface area (Å²) in [6, 6.07) is 14.1. The summed E-state index contributed by atoms with van der Waals surface area (Å²) in [4.78, 5) is 18.7. The van der Waals surface area contributed by atoms with Crippen molar-refractivity contribution >= 4 is 16.7 Å². The van der Waals surface area contributed by atoms with Crippen LogP contribution in [0, 0.1) is 6.92 Å². The summed E-state index contributed by atoms with van der Waals surface area (Å²) in [5, 5.41) is 5.68. The summed E-state index contributed by atoms with van der Waals surface area (Å²) in [6.07, 6.45) is 5.85. The first-order chi connectivity index (χ1) is 15.0. The molecular weight excluding hydrogens is 386 g/mol. The van der Waals surface area contributed by atoms with Crippen LogP contribution in [0.1, 0.15) is 25.2 Å². The number of anilines is 1. The van der Waals surface area contributed by atoms with E-state index in [0.717, 1.165) is 54.5 Å². The van der Waals surface area contributed by atoms with E-state index in [1.807, 2.05) is 42.1 Å². The van der Waals surface area contributed by atoms with Crippen molar-refractivity contribution in [1.29, 1.82) is 0 Å². The molecule has 1 aromatic carbocycles. The van der Waals surface area contributed by atoms with Crippen molar-refractivity contribution in [2.24, 2.45) is 0 Å². The van der Waals surface area contributed by atoms with E-state index in [1.165, 1.54) is 5.56 Å². The fourth-order valence-electron chi connectivity index (χ4n) is 4.33. The van der Waals surface area contributed by atoms with Crippen LogP contribution >= 0.6 is 0 Å². The maximum Gasteiger partial charge on any atom is 0.153 e. The lowest BCUT2D eigenvalue weighted by Crippen LogP contribution is -2.53. The van der Waals surface area contributed by atoms with Crippen molar-refractivity contribution in [3.05, 3.63) is 72.4 Å². The first-order valence-electron chi connectivity index (χ1n) is 10.7. The van der Waals surface area contributed by atoms with E-state index >= 15 is 0 Å². The first kappa shape index (κ1) is 19.6. The Morgan fingerprint density at radius 2 is 1.68 bits per heavy atom. The molecule has 158 valence electrons. The highest BCUT2D eigenvalue weighted by atomic mass is 15.3. The molecule has 4 heterocycles. The molecule has 1 aliphatic heterocycles. The smallest absolute Gasteiger partial charge is 0.153 e. The van der Waals surface area contributed by atoms with E-state index in [9.17, 15) is 0 Å². The Bertz CT molecular complexity index is 1190. The maximum absolute atomic E-state index is 4.78.